The first-order valence-electron chi connectivity index (χ1n) is 36.2. The van der Waals surface area contributed by atoms with Crippen molar-refractivity contribution in [1.82, 2.24) is 0 Å². The summed E-state index contributed by atoms with van der Waals surface area (Å²) in [5, 5.41) is 10.6. The Hall–Kier alpha value is -3.50. The summed E-state index contributed by atoms with van der Waals surface area (Å²) in [6, 6.07) is 0. The number of unbranched alkanes of at least 4 members (excludes halogenated alkanes) is 30. The third-order valence-electron chi connectivity index (χ3n) is 15.1. The monoisotopic (exact) mass is 1340 g/mol. The van der Waals surface area contributed by atoms with Crippen molar-refractivity contribution in [3.05, 3.63) is 72.9 Å². The van der Waals surface area contributed by atoms with Gasteiger partial charge >= 0.3 is 39.5 Å². The normalized spacial score (nSPS) is 14.5. The molecule has 19 heteroatoms. The van der Waals surface area contributed by atoms with Crippen molar-refractivity contribution in [2.75, 3.05) is 39.6 Å². The molecule has 0 aliphatic heterocycles. The standard InChI is InChI=1S/C73H130O17P2/c1-5-9-13-17-21-25-29-32-33-36-39-42-46-50-54-58-71(76)84-63-68(89-72(77)59-55-51-47-43-37-28-24-20-16-12-8-4)65-87-91(79,80)85-61-67(74)62-86-92(81,82)88-66-69(90-73(78)60-56-52-48-44-40-35-31-27-23-19-15-11-7-3)64-83-70(75)57-53-49-45-41-38-34-30-26-22-18-14-10-6-2/h9,13-14,18,21,25-27,30-33,67-69,74H,5-8,10-12,15-17,19-20,22-24,28-29,34-66H2,1-4H3,(H,79,80)(H,81,82)/b13-9-,18-14-,25-21-,30-26-,31-27-,33-32-. The van der Waals surface area contributed by atoms with Crippen molar-refractivity contribution in [2.45, 2.75) is 329 Å². The molecule has 0 aromatic carbocycles. The second-order valence-electron chi connectivity index (χ2n) is 24.2. The zero-order valence-corrected chi connectivity index (χ0v) is 59.8. The van der Waals surface area contributed by atoms with Gasteiger partial charge in [-0.25, -0.2) is 9.13 Å². The Balaban J connectivity index is 5.32. The smallest absolute Gasteiger partial charge is 0.462 e. The molecule has 0 aromatic heterocycles. The zero-order chi connectivity index (χ0) is 67.5. The summed E-state index contributed by atoms with van der Waals surface area (Å²) in [7, 11) is -9.93. The number of phosphoric acid groups is 2. The van der Waals surface area contributed by atoms with E-state index < -0.39 is 97.5 Å². The van der Waals surface area contributed by atoms with Gasteiger partial charge in [0.05, 0.1) is 26.4 Å². The lowest BCUT2D eigenvalue weighted by atomic mass is 10.1. The van der Waals surface area contributed by atoms with E-state index in [-0.39, 0.29) is 25.7 Å². The highest BCUT2D eigenvalue weighted by molar-refractivity contribution is 7.47. The van der Waals surface area contributed by atoms with E-state index in [0.717, 1.165) is 167 Å². The van der Waals surface area contributed by atoms with Crippen LogP contribution in [0.5, 0.6) is 0 Å². The van der Waals surface area contributed by atoms with Gasteiger partial charge in [0.1, 0.15) is 19.3 Å². The molecule has 0 aromatic rings. The first-order chi connectivity index (χ1) is 44.7. The number of hydrogen-bond donors (Lipinski definition) is 3. The van der Waals surface area contributed by atoms with Crippen LogP contribution in [0.15, 0.2) is 72.9 Å². The molecule has 0 fully saturated rings. The fourth-order valence-electron chi connectivity index (χ4n) is 9.62. The number of hydrogen-bond acceptors (Lipinski definition) is 15. The van der Waals surface area contributed by atoms with Gasteiger partial charge in [-0.3, -0.25) is 37.3 Å². The molecule has 17 nitrogen and oxygen atoms in total. The number of ether oxygens (including phenoxy) is 4. The quantitative estimate of drug-likeness (QED) is 0.0169. The van der Waals surface area contributed by atoms with E-state index in [0.29, 0.717) is 25.7 Å². The van der Waals surface area contributed by atoms with Crippen molar-refractivity contribution in [3.8, 4) is 0 Å². The van der Waals surface area contributed by atoms with Gasteiger partial charge in [0.25, 0.3) is 0 Å². The van der Waals surface area contributed by atoms with Crippen LogP contribution in [0.2, 0.25) is 0 Å². The minimum absolute atomic E-state index is 0.0842. The number of esters is 4. The average Bonchev–Trinajstić information content (AvgIpc) is 2.24. The second kappa shape index (κ2) is 66.1. The van der Waals surface area contributed by atoms with E-state index in [1.54, 1.807) is 0 Å². The number of aliphatic hydroxyl groups excluding tert-OH is 1. The van der Waals surface area contributed by atoms with Gasteiger partial charge in [0.2, 0.25) is 0 Å². The number of carbonyl (C=O) groups excluding carboxylic acids is 4. The molecule has 0 radical (unpaired) electrons. The topological polar surface area (TPSA) is 237 Å². The molecule has 92 heavy (non-hydrogen) atoms. The van der Waals surface area contributed by atoms with E-state index in [1.807, 2.05) is 0 Å². The largest absolute Gasteiger partial charge is 0.472 e. The number of aliphatic hydroxyl groups is 1. The Kier molecular flexibility index (Phi) is 63.6. The SMILES string of the molecule is CC/C=C\C/C=C\C/C=C\CCCCCCCC(=O)OCC(COP(=O)(O)OCC(O)COP(=O)(O)OCC(COC(=O)CCCCCCC/C=C\C/C=C\CCC)OC(=O)CCCCCCC/C=C\CCCCCC)OC(=O)CCCCCCCCCCCCC. The lowest BCUT2D eigenvalue weighted by Gasteiger charge is -2.21. The summed E-state index contributed by atoms with van der Waals surface area (Å²) in [6.45, 7) is 4.64. The number of rotatable bonds is 68. The van der Waals surface area contributed by atoms with Gasteiger partial charge in [-0.1, -0.05) is 248 Å². The maximum atomic E-state index is 13.0. The molecule has 0 heterocycles. The van der Waals surface area contributed by atoms with Crippen LogP contribution in [0.25, 0.3) is 0 Å². The molecule has 0 spiro atoms. The molecule has 0 amide bonds. The summed E-state index contributed by atoms with van der Waals surface area (Å²) in [5.41, 5.74) is 0. The van der Waals surface area contributed by atoms with Crippen LogP contribution in [0.4, 0.5) is 0 Å². The van der Waals surface area contributed by atoms with E-state index in [9.17, 15) is 43.2 Å². The first kappa shape index (κ1) is 88.5. The summed E-state index contributed by atoms with van der Waals surface area (Å²) in [6.07, 6.45) is 63.4. The molecule has 0 rings (SSSR count). The van der Waals surface area contributed by atoms with Gasteiger partial charge in [0.15, 0.2) is 12.2 Å². The van der Waals surface area contributed by atoms with Gasteiger partial charge < -0.3 is 33.8 Å². The fourth-order valence-corrected chi connectivity index (χ4v) is 11.2. The maximum absolute atomic E-state index is 13.0. The summed E-state index contributed by atoms with van der Waals surface area (Å²) < 4.78 is 68.2. The van der Waals surface area contributed by atoms with Crippen molar-refractivity contribution in [3.63, 3.8) is 0 Å². The van der Waals surface area contributed by atoms with Crippen LogP contribution in [0.3, 0.4) is 0 Å². The zero-order valence-electron chi connectivity index (χ0n) is 58.0. The molecule has 3 N–H and O–H groups in total. The van der Waals surface area contributed by atoms with Crippen LogP contribution in [-0.4, -0.2) is 96.7 Å². The molecule has 5 unspecified atom stereocenters. The number of carbonyl (C=O) groups is 4. The minimum Gasteiger partial charge on any atom is -0.462 e. The number of phosphoric ester groups is 2. The Morgan fingerprint density at radius 2 is 0.587 bits per heavy atom. The lowest BCUT2D eigenvalue weighted by molar-refractivity contribution is -0.161. The second-order valence-corrected chi connectivity index (χ2v) is 27.1. The highest BCUT2D eigenvalue weighted by Crippen LogP contribution is 2.45. The van der Waals surface area contributed by atoms with Gasteiger partial charge in [-0.2, -0.15) is 0 Å². The van der Waals surface area contributed by atoms with Crippen molar-refractivity contribution in [1.29, 1.82) is 0 Å². The highest BCUT2D eigenvalue weighted by Gasteiger charge is 2.30. The van der Waals surface area contributed by atoms with E-state index in [1.165, 1.54) is 64.2 Å². The fraction of sp³-hybridized carbons (Fsp3) is 0.781. The molecule has 0 aliphatic rings. The van der Waals surface area contributed by atoms with Crippen molar-refractivity contribution >= 4 is 39.5 Å². The Labute approximate surface area is 558 Å². The van der Waals surface area contributed by atoms with E-state index in [2.05, 4.69) is 101 Å². The van der Waals surface area contributed by atoms with E-state index >= 15 is 0 Å². The third-order valence-corrected chi connectivity index (χ3v) is 17.0. The Bertz CT molecular complexity index is 2040. The lowest BCUT2D eigenvalue weighted by Crippen LogP contribution is -2.30. The van der Waals surface area contributed by atoms with Gasteiger partial charge in [-0.15, -0.1) is 0 Å². The van der Waals surface area contributed by atoms with Crippen LogP contribution in [0, 0.1) is 0 Å². The van der Waals surface area contributed by atoms with E-state index in [4.69, 9.17) is 37.0 Å². The third kappa shape index (κ3) is 65.2. The Morgan fingerprint density at radius 1 is 0.315 bits per heavy atom. The summed E-state index contributed by atoms with van der Waals surface area (Å²) >= 11 is 0. The molecule has 0 aliphatic carbocycles. The average molecular weight is 1340 g/mol. The predicted molar refractivity (Wildman–Crippen MR) is 372 cm³/mol. The molecule has 0 bridgehead atoms. The van der Waals surface area contributed by atoms with Gasteiger partial charge in [0, 0.05) is 25.7 Å². The van der Waals surface area contributed by atoms with Crippen LogP contribution >= 0.6 is 15.6 Å². The molecule has 5 atom stereocenters. The summed E-state index contributed by atoms with van der Waals surface area (Å²) in [5.74, 6) is -2.20. The molecule has 0 saturated heterocycles. The maximum Gasteiger partial charge on any atom is 0.472 e. The van der Waals surface area contributed by atoms with Crippen LogP contribution in [-0.2, 0) is 65.4 Å². The van der Waals surface area contributed by atoms with Crippen molar-refractivity contribution in [2.24, 2.45) is 0 Å². The summed E-state index contributed by atoms with van der Waals surface area (Å²) in [4.78, 5) is 72.6. The Morgan fingerprint density at radius 3 is 0.935 bits per heavy atom. The highest BCUT2D eigenvalue weighted by atomic mass is 31.2. The molecular weight excluding hydrogens is 1210 g/mol. The molecule has 534 valence electrons. The number of allylic oxidation sites excluding steroid dienone is 12. The van der Waals surface area contributed by atoms with Gasteiger partial charge in [-0.05, 0) is 109 Å². The van der Waals surface area contributed by atoms with Crippen LogP contribution < -0.4 is 0 Å². The predicted octanol–water partition coefficient (Wildman–Crippen LogP) is 20.1. The van der Waals surface area contributed by atoms with Crippen molar-refractivity contribution < 1.29 is 80.2 Å². The molecule has 0 saturated carbocycles. The first-order valence-corrected chi connectivity index (χ1v) is 39.2. The molecular formula is C73H130O17P2. The van der Waals surface area contributed by atoms with Crippen LogP contribution in [0.1, 0.15) is 310 Å². The minimum atomic E-state index is -4.97.